The van der Waals surface area contributed by atoms with Gasteiger partial charge in [0, 0.05) is 49.6 Å². The summed E-state index contributed by atoms with van der Waals surface area (Å²) >= 11 is 0. The first-order chi connectivity index (χ1) is 31.3. The normalized spacial score (nSPS) is 11.5. The fraction of sp³-hybridized carbons (Fsp3) is 0. The van der Waals surface area contributed by atoms with Crippen LogP contribution in [0.2, 0.25) is 0 Å². The van der Waals surface area contributed by atoms with E-state index in [1.54, 1.807) is 0 Å². The molecule has 0 unspecified atom stereocenters. The zero-order chi connectivity index (χ0) is 41.7. The van der Waals surface area contributed by atoms with Crippen molar-refractivity contribution in [3.05, 3.63) is 243 Å². The number of hydrogen-bond donors (Lipinski definition) is 0. The van der Waals surface area contributed by atoms with E-state index in [1.807, 2.05) is 12.1 Å². The monoisotopic (exact) mass is 804 g/mol. The Kier molecular flexibility index (Phi) is 8.83. The van der Waals surface area contributed by atoms with Crippen LogP contribution in [-0.4, -0.2) is 4.57 Å². The number of rotatable bonds is 8. The number of hydrogen-bond acceptors (Lipinski definition) is 2. The van der Waals surface area contributed by atoms with Gasteiger partial charge in [-0.2, -0.15) is 0 Å². The molecule has 3 heteroatoms. The van der Waals surface area contributed by atoms with E-state index in [4.69, 9.17) is 4.42 Å². The van der Waals surface area contributed by atoms with Gasteiger partial charge in [-0.1, -0.05) is 188 Å². The molecule has 2 heterocycles. The minimum atomic E-state index is 0.892. The molecule has 0 radical (unpaired) electrons. The number of nitrogens with zero attached hydrogens (tertiary/aromatic N) is 2. The number of benzene rings is 10. The summed E-state index contributed by atoms with van der Waals surface area (Å²) in [6, 6.07) is 87.1. The molecule has 0 saturated heterocycles. The van der Waals surface area contributed by atoms with E-state index in [1.165, 1.54) is 44.1 Å². The predicted octanol–water partition coefficient (Wildman–Crippen LogP) is 16.8. The molecule has 2 aromatic heterocycles. The summed E-state index contributed by atoms with van der Waals surface area (Å²) in [7, 11) is 0. The second-order valence-electron chi connectivity index (χ2n) is 16.0. The number of anilines is 3. The second kappa shape index (κ2) is 15.3. The molecule has 63 heavy (non-hydrogen) atoms. The molecule has 0 fully saturated rings. The van der Waals surface area contributed by atoms with Crippen LogP contribution < -0.4 is 4.90 Å². The van der Waals surface area contributed by atoms with E-state index in [0.717, 1.165) is 66.9 Å². The lowest BCUT2D eigenvalue weighted by Gasteiger charge is -2.29. The van der Waals surface area contributed by atoms with Gasteiger partial charge in [-0.3, -0.25) is 0 Å². The number of furan rings is 1. The van der Waals surface area contributed by atoms with Crippen LogP contribution in [-0.2, 0) is 0 Å². The van der Waals surface area contributed by atoms with E-state index in [0.29, 0.717) is 0 Å². The van der Waals surface area contributed by atoms with Gasteiger partial charge < -0.3 is 13.9 Å². The number of fused-ring (bicyclic) bond motifs is 6. The minimum Gasteiger partial charge on any atom is -0.455 e. The van der Waals surface area contributed by atoms with Crippen LogP contribution in [0.15, 0.2) is 247 Å². The highest BCUT2D eigenvalue weighted by molar-refractivity contribution is 6.11. The van der Waals surface area contributed by atoms with Crippen LogP contribution >= 0.6 is 0 Å². The smallest absolute Gasteiger partial charge is 0.143 e. The van der Waals surface area contributed by atoms with Crippen molar-refractivity contribution in [1.82, 2.24) is 4.57 Å². The van der Waals surface area contributed by atoms with E-state index >= 15 is 0 Å². The zero-order valence-corrected chi connectivity index (χ0v) is 34.4. The van der Waals surface area contributed by atoms with E-state index in [9.17, 15) is 0 Å². The standard InChI is InChI=1S/C60H40N2O/c1-2-18-41(19-3-1)46-22-4-5-24-49(46)50-25-7-12-32-56(50)61(45-21-16-20-43(40-45)48-29-17-30-54-53-28-10-15-35-59(53)63-60(48)54)44-38-36-42(37-39-44)47-23-6-11-31-55(47)62-57-33-13-8-26-51(57)52-27-9-14-34-58(52)62/h1-40H. The Morgan fingerprint density at radius 3 is 1.63 bits per heavy atom. The zero-order valence-electron chi connectivity index (χ0n) is 34.4. The molecule has 10 aromatic carbocycles. The van der Waals surface area contributed by atoms with E-state index in [2.05, 4.69) is 240 Å². The van der Waals surface area contributed by atoms with Crippen LogP contribution in [0.25, 0.3) is 93.9 Å². The van der Waals surface area contributed by atoms with Crippen LogP contribution in [0, 0.1) is 0 Å². The minimum absolute atomic E-state index is 0.892. The molecule has 0 bridgehead atoms. The summed E-state index contributed by atoms with van der Waals surface area (Å²) in [6.45, 7) is 0. The summed E-state index contributed by atoms with van der Waals surface area (Å²) in [4.78, 5) is 2.40. The molecule has 0 aliphatic rings. The van der Waals surface area contributed by atoms with E-state index in [-0.39, 0.29) is 0 Å². The average Bonchev–Trinajstić information content (AvgIpc) is 3.91. The van der Waals surface area contributed by atoms with Crippen molar-refractivity contribution in [3.8, 4) is 50.2 Å². The van der Waals surface area contributed by atoms with Gasteiger partial charge in [-0.15, -0.1) is 0 Å². The third kappa shape index (κ3) is 6.21. The molecule has 0 spiro atoms. The Bertz CT molecular complexity index is 3580. The maximum atomic E-state index is 6.56. The topological polar surface area (TPSA) is 21.3 Å². The molecule has 0 saturated carbocycles. The molecule has 0 N–H and O–H groups in total. The van der Waals surface area contributed by atoms with Crippen molar-refractivity contribution in [2.45, 2.75) is 0 Å². The Balaban J connectivity index is 1.03. The van der Waals surface area contributed by atoms with Crippen molar-refractivity contribution in [2.75, 3.05) is 4.90 Å². The summed E-state index contributed by atoms with van der Waals surface area (Å²) in [5.74, 6) is 0. The van der Waals surface area contributed by atoms with Crippen molar-refractivity contribution in [1.29, 1.82) is 0 Å². The first-order valence-corrected chi connectivity index (χ1v) is 21.5. The summed E-state index contributed by atoms with van der Waals surface area (Å²) < 4.78 is 8.97. The van der Waals surface area contributed by atoms with Gasteiger partial charge in [-0.25, -0.2) is 0 Å². The van der Waals surface area contributed by atoms with Gasteiger partial charge in [0.1, 0.15) is 11.2 Å². The first kappa shape index (κ1) is 36.5. The number of para-hydroxylation sites is 6. The van der Waals surface area contributed by atoms with Gasteiger partial charge in [0.25, 0.3) is 0 Å². The molecule has 0 amide bonds. The highest BCUT2D eigenvalue weighted by Crippen LogP contribution is 2.46. The lowest BCUT2D eigenvalue weighted by molar-refractivity contribution is 0.670. The molecule has 0 atom stereocenters. The van der Waals surface area contributed by atoms with Gasteiger partial charge in [0.2, 0.25) is 0 Å². The molecule has 12 aromatic rings. The van der Waals surface area contributed by atoms with Gasteiger partial charge in [0.15, 0.2) is 0 Å². The maximum absolute atomic E-state index is 6.56. The average molecular weight is 805 g/mol. The first-order valence-electron chi connectivity index (χ1n) is 21.5. The second-order valence-corrected chi connectivity index (χ2v) is 16.0. The van der Waals surface area contributed by atoms with E-state index < -0.39 is 0 Å². The summed E-state index contributed by atoms with van der Waals surface area (Å²) in [6.07, 6.45) is 0. The van der Waals surface area contributed by atoms with Crippen LogP contribution in [0.4, 0.5) is 17.1 Å². The number of aromatic nitrogens is 1. The van der Waals surface area contributed by atoms with Crippen LogP contribution in [0.3, 0.4) is 0 Å². The van der Waals surface area contributed by atoms with Crippen LogP contribution in [0.5, 0.6) is 0 Å². The lowest BCUT2D eigenvalue weighted by atomic mass is 9.93. The van der Waals surface area contributed by atoms with Crippen molar-refractivity contribution in [2.24, 2.45) is 0 Å². The molecule has 3 nitrogen and oxygen atoms in total. The van der Waals surface area contributed by atoms with Crippen LogP contribution in [0.1, 0.15) is 0 Å². The summed E-state index contributed by atoms with van der Waals surface area (Å²) in [5, 5.41) is 4.74. The van der Waals surface area contributed by atoms with Gasteiger partial charge in [0.05, 0.1) is 22.4 Å². The lowest BCUT2D eigenvalue weighted by Crippen LogP contribution is -2.11. The van der Waals surface area contributed by atoms with Crippen molar-refractivity contribution < 1.29 is 4.42 Å². The van der Waals surface area contributed by atoms with Gasteiger partial charge >= 0.3 is 0 Å². The van der Waals surface area contributed by atoms with Crippen molar-refractivity contribution >= 4 is 60.8 Å². The summed E-state index contributed by atoms with van der Waals surface area (Å²) in [5.41, 5.74) is 17.6. The maximum Gasteiger partial charge on any atom is 0.143 e. The highest BCUT2D eigenvalue weighted by atomic mass is 16.3. The third-order valence-electron chi connectivity index (χ3n) is 12.4. The molecular weight excluding hydrogens is 765 g/mol. The van der Waals surface area contributed by atoms with Gasteiger partial charge in [-0.05, 0) is 82.4 Å². The fourth-order valence-electron chi connectivity index (χ4n) is 9.58. The third-order valence-corrected chi connectivity index (χ3v) is 12.4. The molecule has 12 rings (SSSR count). The Hall–Kier alpha value is -8.40. The fourth-order valence-corrected chi connectivity index (χ4v) is 9.58. The highest BCUT2D eigenvalue weighted by Gasteiger charge is 2.22. The largest absolute Gasteiger partial charge is 0.455 e. The molecule has 0 aliphatic carbocycles. The Labute approximate surface area is 366 Å². The molecule has 296 valence electrons. The molecular formula is C60H40N2O. The Morgan fingerprint density at radius 2 is 0.857 bits per heavy atom. The SMILES string of the molecule is c1ccc(-c2ccccc2-c2ccccc2N(c2ccc(-c3ccccc3-n3c4ccccc4c4ccccc43)cc2)c2cccc(-c3cccc4c3oc3ccccc34)c2)cc1. The molecule has 0 aliphatic heterocycles. The van der Waals surface area contributed by atoms with Crippen molar-refractivity contribution in [3.63, 3.8) is 0 Å². The quantitative estimate of drug-likeness (QED) is 0.153. The Morgan fingerprint density at radius 1 is 0.317 bits per heavy atom. The predicted molar refractivity (Wildman–Crippen MR) is 264 cm³/mol.